The van der Waals surface area contributed by atoms with Gasteiger partial charge in [-0.1, -0.05) is 15.9 Å². The van der Waals surface area contributed by atoms with Gasteiger partial charge in [-0.05, 0) is 18.2 Å². The van der Waals surface area contributed by atoms with E-state index in [-0.39, 0.29) is 5.56 Å². The predicted molar refractivity (Wildman–Crippen MR) is 61.5 cm³/mol. The maximum Gasteiger partial charge on any atom is 0.0736 e. The van der Waals surface area contributed by atoms with Gasteiger partial charge in [0, 0.05) is 28.8 Å². The van der Waals surface area contributed by atoms with E-state index < -0.39 is 5.97 Å². The van der Waals surface area contributed by atoms with Crippen LogP contribution in [-0.2, 0) is 4.74 Å². The summed E-state index contributed by atoms with van der Waals surface area (Å²) in [5.74, 6) is -1.14. The Morgan fingerprint density at radius 1 is 1.38 bits per heavy atom. The Labute approximate surface area is 102 Å². The third-order valence-corrected chi connectivity index (χ3v) is 3.02. The molecule has 1 aliphatic heterocycles. The summed E-state index contributed by atoms with van der Waals surface area (Å²) in [7, 11) is 0. The van der Waals surface area contributed by atoms with E-state index in [1.54, 1.807) is 18.2 Å². The minimum atomic E-state index is -1.14. The normalized spacial score (nSPS) is 16.2. The highest BCUT2D eigenvalue weighted by molar-refractivity contribution is 9.10. The van der Waals surface area contributed by atoms with E-state index in [0.717, 1.165) is 4.47 Å². The zero-order valence-electron chi connectivity index (χ0n) is 8.61. The number of anilines is 1. The van der Waals surface area contributed by atoms with E-state index in [2.05, 4.69) is 15.9 Å². The molecule has 0 aromatic heterocycles. The SMILES string of the molecule is O=C([O-])c1ccc(Br)cc1N1CCOCC1. The standard InChI is InChI=1S/C11H12BrNO3/c12-8-1-2-9(11(14)15)10(7-8)13-3-5-16-6-4-13/h1-2,7H,3-6H2,(H,14,15)/p-1. The number of aromatic carboxylic acids is 1. The fraction of sp³-hybridized carbons (Fsp3) is 0.364. The first-order chi connectivity index (χ1) is 7.68. The second-order valence-electron chi connectivity index (χ2n) is 3.55. The van der Waals surface area contributed by atoms with Crippen LogP contribution >= 0.6 is 15.9 Å². The van der Waals surface area contributed by atoms with Crippen molar-refractivity contribution in [2.45, 2.75) is 0 Å². The zero-order chi connectivity index (χ0) is 11.5. The van der Waals surface area contributed by atoms with Crippen LogP contribution in [0.2, 0.25) is 0 Å². The van der Waals surface area contributed by atoms with Crippen molar-refractivity contribution in [1.82, 2.24) is 0 Å². The van der Waals surface area contributed by atoms with Gasteiger partial charge in [0.15, 0.2) is 0 Å². The first-order valence-corrected chi connectivity index (χ1v) is 5.81. The molecule has 1 heterocycles. The van der Waals surface area contributed by atoms with Crippen LogP contribution < -0.4 is 10.0 Å². The lowest BCUT2D eigenvalue weighted by Gasteiger charge is -2.31. The van der Waals surface area contributed by atoms with Crippen molar-refractivity contribution in [3.63, 3.8) is 0 Å². The fourth-order valence-electron chi connectivity index (χ4n) is 1.74. The van der Waals surface area contributed by atoms with Crippen molar-refractivity contribution in [2.75, 3.05) is 31.2 Å². The number of carboxylic acid groups (broad SMARTS) is 1. The molecule has 0 spiro atoms. The van der Waals surface area contributed by atoms with Gasteiger partial charge in [0.1, 0.15) is 0 Å². The predicted octanol–water partition coefficient (Wildman–Crippen LogP) is 0.649. The summed E-state index contributed by atoms with van der Waals surface area (Å²) >= 11 is 3.34. The van der Waals surface area contributed by atoms with Crippen molar-refractivity contribution >= 4 is 27.6 Å². The number of hydrogen-bond acceptors (Lipinski definition) is 4. The number of benzene rings is 1. The lowest BCUT2D eigenvalue weighted by molar-refractivity contribution is -0.254. The number of morpholine rings is 1. The Morgan fingerprint density at radius 2 is 2.06 bits per heavy atom. The molecule has 0 aliphatic carbocycles. The number of halogens is 1. The Kier molecular flexibility index (Phi) is 3.46. The number of carbonyl (C=O) groups excluding carboxylic acids is 1. The Bertz CT molecular complexity index is 402. The Morgan fingerprint density at radius 3 is 2.69 bits per heavy atom. The van der Waals surface area contributed by atoms with Gasteiger partial charge < -0.3 is 19.5 Å². The maximum absolute atomic E-state index is 11.0. The molecule has 1 fully saturated rings. The van der Waals surface area contributed by atoms with Crippen LogP contribution in [0.25, 0.3) is 0 Å². The Balaban J connectivity index is 2.36. The van der Waals surface area contributed by atoms with Crippen LogP contribution in [0, 0.1) is 0 Å². The zero-order valence-corrected chi connectivity index (χ0v) is 10.2. The van der Waals surface area contributed by atoms with Gasteiger partial charge in [0.2, 0.25) is 0 Å². The van der Waals surface area contributed by atoms with Crippen molar-refractivity contribution in [1.29, 1.82) is 0 Å². The number of hydrogen-bond donors (Lipinski definition) is 0. The van der Waals surface area contributed by atoms with Crippen molar-refractivity contribution < 1.29 is 14.6 Å². The van der Waals surface area contributed by atoms with E-state index in [9.17, 15) is 9.90 Å². The summed E-state index contributed by atoms with van der Waals surface area (Å²) in [6, 6.07) is 5.07. The number of ether oxygens (including phenoxy) is 1. The molecule has 16 heavy (non-hydrogen) atoms. The van der Waals surface area contributed by atoms with Crippen LogP contribution in [0.5, 0.6) is 0 Å². The van der Waals surface area contributed by atoms with E-state index in [0.29, 0.717) is 32.0 Å². The molecule has 1 aromatic carbocycles. The van der Waals surface area contributed by atoms with Crippen LogP contribution in [0.15, 0.2) is 22.7 Å². The van der Waals surface area contributed by atoms with E-state index in [4.69, 9.17) is 4.74 Å². The lowest BCUT2D eigenvalue weighted by Crippen LogP contribution is -2.38. The third-order valence-electron chi connectivity index (χ3n) is 2.53. The minimum Gasteiger partial charge on any atom is -0.545 e. The minimum absolute atomic E-state index is 0.227. The highest BCUT2D eigenvalue weighted by Gasteiger charge is 2.15. The van der Waals surface area contributed by atoms with Crippen molar-refractivity contribution in [3.8, 4) is 0 Å². The van der Waals surface area contributed by atoms with Gasteiger partial charge in [0.05, 0.1) is 19.2 Å². The molecule has 4 nitrogen and oxygen atoms in total. The second kappa shape index (κ2) is 4.84. The second-order valence-corrected chi connectivity index (χ2v) is 4.46. The monoisotopic (exact) mass is 284 g/mol. The number of carboxylic acids is 1. The number of rotatable bonds is 2. The van der Waals surface area contributed by atoms with E-state index in [1.165, 1.54) is 0 Å². The molecular formula is C11H11BrNO3-. The topological polar surface area (TPSA) is 52.6 Å². The number of carbonyl (C=O) groups is 1. The third kappa shape index (κ3) is 2.36. The average Bonchev–Trinajstić information content (AvgIpc) is 2.29. The quantitative estimate of drug-likeness (QED) is 0.800. The fourth-order valence-corrected chi connectivity index (χ4v) is 2.09. The van der Waals surface area contributed by atoms with Gasteiger partial charge in [0.25, 0.3) is 0 Å². The largest absolute Gasteiger partial charge is 0.545 e. The Hall–Kier alpha value is -1.07. The molecule has 0 amide bonds. The molecule has 0 atom stereocenters. The highest BCUT2D eigenvalue weighted by Crippen LogP contribution is 2.25. The highest BCUT2D eigenvalue weighted by atomic mass is 79.9. The van der Waals surface area contributed by atoms with E-state index >= 15 is 0 Å². The smallest absolute Gasteiger partial charge is 0.0736 e. The summed E-state index contributed by atoms with van der Waals surface area (Å²) in [5.41, 5.74) is 0.919. The molecule has 0 unspecified atom stereocenters. The summed E-state index contributed by atoms with van der Waals surface area (Å²) in [4.78, 5) is 13.0. The van der Waals surface area contributed by atoms with Crippen LogP contribution in [-0.4, -0.2) is 32.3 Å². The molecule has 5 heteroatoms. The molecule has 0 bridgehead atoms. The molecule has 1 aliphatic rings. The van der Waals surface area contributed by atoms with E-state index in [1.807, 2.05) is 4.90 Å². The molecule has 0 radical (unpaired) electrons. The summed E-state index contributed by atoms with van der Waals surface area (Å²) in [6.45, 7) is 2.66. The summed E-state index contributed by atoms with van der Waals surface area (Å²) < 4.78 is 6.10. The molecule has 2 rings (SSSR count). The molecular weight excluding hydrogens is 274 g/mol. The van der Waals surface area contributed by atoms with Crippen LogP contribution in [0.4, 0.5) is 5.69 Å². The molecule has 1 saturated heterocycles. The molecule has 0 N–H and O–H groups in total. The van der Waals surface area contributed by atoms with Crippen LogP contribution in [0.3, 0.4) is 0 Å². The van der Waals surface area contributed by atoms with Gasteiger partial charge in [-0.15, -0.1) is 0 Å². The maximum atomic E-state index is 11.0. The number of nitrogens with zero attached hydrogens (tertiary/aromatic N) is 1. The van der Waals surface area contributed by atoms with Gasteiger partial charge >= 0.3 is 0 Å². The van der Waals surface area contributed by atoms with Crippen LogP contribution in [0.1, 0.15) is 10.4 Å². The molecule has 1 aromatic rings. The first-order valence-electron chi connectivity index (χ1n) is 5.02. The van der Waals surface area contributed by atoms with Gasteiger partial charge in [-0.3, -0.25) is 0 Å². The summed E-state index contributed by atoms with van der Waals surface area (Å²) in [6.07, 6.45) is 0. The average molecular weight is 285 g/mol. The van der Waals surface area contributed by atoms with Gasteiger partial charge in [-0.2, -0.15) is 0 Å². The lowest BCUT2D eigenvalue weighted by atomic mass is 10.1. The van der Waals surface area contributed by atoms with Crippen molar-refractivity contribution in [2.24, 2.45) is 0 Å². The molecule has 86 valence electrons. The molecule has 0 saturated carbocycles. The summed E-state index contributed by atoms with van der Waals surface area (Å²) in [5, 5.41) is 11.0. The van der Waals surface area contributed by atoms with Gasteiger partial charge in [-0.25, -0.2) is 0 Å². The van der Waals surface area contributed by atoms with Crippen molar-refractivity contribution in [3.05, 3.63) is 28.2 Å². The first kappa shape index (κ1) is 11.4.